The second kappa shape index (κ2) is 40.7. The number of halogens is 4. The molecule has 0 aliphatic carbocycles. The molecule has 0 atom stereocenters. The summed E-state index contributed by atoms with van der Waals surface area (Å²) in [5.41, 5.74) is 0. The quantitative estimate of drug-likeness (QED) is 0.288. The van der Waals surface area contributed by atoms with Crippen LogP contribution in [-0.4, -0.2) is 103 Å². The maximum Gasteiger partial charge on any atom is 0 e. The smallest absolute Gasteiger partial charge is 0 e. The van der Waals surface area contributed by atoms with Crippen molar-refractivity contribution in [3.63, 3.8) is 0 Å². The van der Waals surface area contributed by atoms with Gasteiger partial charge >= 0.3 is 0 Å². The molecule has 7 heteroatoms. The van der Waals surface area contributed by atoms with Gasteiger partial charge in [-0.3, -0.25) is 0 Å². The van der Waals surface area contributed by atoms with E-state index in [1.807, 2.05) is 0 Å². The molecule has 0 aromatic carbocycles. The van der Waals surface area contributed by atoms with Crippen LogP contribution in [-0.2, 0) is 20.4 Å². The molecule has 0 N–H and O–H groups in total. The molecule has 0 aliphatic rings. The summed E-state index contributed by atoms with van der Waals surface area (Å²) < 4.78 is 0. The minimum atomic E-state index is 0. The summed E-state index contributed by atoms with van der Waals surface area (Å²) in [4.78, 5) is 0. The topological polar surface area (TPSA) is 0 Å². The van der Waals surface area contributed by atoms with Crippen molar-refractivity contribution in [1.82, 2.24) is 0 Å². The fraction of sp³-hybridized carbons (Fsp3) is 0. The third kappa shape index (κ3) is 33.6. The monoisotopic (exact) mass is 500 g/mol. The molecular weight excluding hydrogens is 504 g/mol. The molecule has 7 heavy (non-hydrogen) atoms. The first-order valence-electron chi connectivity index (χ1n) is 0. The van der Waals surface area contributed by atoms with Crippen LogP contribution in [0.25, 0.3) is 0 Å². The predicted octanol–water partition coefficient (Wildman–Crippen LogP) is -12.7. The Bertz CT molecular complexity index is 9.65. The van der Waals surface area contributed by atoms with Gasteiger partial charge in [-0.1, -0.05) is 0 Å². The van der Waals surface area contributed by atoms with Gasteiger partial charge in [0.15, 0.2) is 0 Å². The van der Waals surface area contributed by atoms with E-state index in [9.17, 15) is 0 Å². The van der Waals surface area contributed by atoms with E-state index in [0.717, 1.165) is 0 Å². The molecule has 0 rings (SSSR count). The molecule has 0 aromatic heterocycles. The molecule has 0 aliphatic heterocycles. The first kappa shape index (κ1) is 52.7. The van der Waals surface area contributed by atoms with Gasteiger partial charge in [-0.05, 0) is 0 Å². The molecule has 0 saturated carbocycles. The second-order valence-corrected chi connectivity index (χ2v) is 0. The summed E-state index contributed by atoms with van der Waals surface area (Å²) in [6, 6.07) is 0. The van der Waals surface area contributed by atoms with Crippen LogP contribution >= 0.6 is 0 Å². The average Bonchev–Trinajstić information content (AvgIpc) is 0. The van der Waals surface area contributed by atoms with Crippen LogP contribution in [0.4, 0.5) is 0 Å². The molecule has 0 bridgehead atoms. The van der Waals surface area contributed by atoms with Gasteiger partial charge in [0.2, 0.25) is 0 Å². The first-order valence-corrected chi connectivity index (χ1v) is 0. The maximum absolute atomic E-state index is 0. The zero-order valence-electron chi connectivity index (χ0n) is 3.83. The average molecular weight is 504 g/mol. The Labute approximate surface area is 185 Å². The standard InChI is InChI=1S/4BrH.2K.Pd/h4*1H;;;/p-4. The van der Waals surface area contributed by atoms with Crippen molar-refractivity contribution in [3.8, 4) is 0 Å². The van der Waals surface area contributed by atoms with Crippen molar-refractivity contribution in [2.45, 2.75) is 0 Å². The van der Waals surface area contributed by atoms with Crippen molar-refractivity contribution in [2.75, 3.05) is 0 Å². The van der Waals surface area contributed by atoms with Gasteiger partial charge in [-0.15, -0.1) is 0 Å². The van der Waals surface area contributed by atoms with E-state index in [1.54, 1.807) is 0 Å². The summed E-state index contributed by atoms with van der Waals surface area (Å²) in [5, 5.41) is 0. The Morgan fingerprint density at radius 3 is 0.429 bits per heavy atom. The largest absolute Gasteiger partial charge is 1.00 e. The van der Waals surface area contributed by atoms with Gasteiger partial charge in [0.05, 0.1) is 0 Å². The Morgan fingerprint density at radius 2 is 0.429 bits per heavy atom. The molecule has 0 heterocycles. The van der Waals surface area contributed by atoms with E-state index in [0.29, 0.717) is 0 Å². The molecule has 44 valence electrons. The zero-order valence-corrected chi connectivity index (χ0v) is 18.0. The molecule has 0 saturated heterocycles. The summed E-state index contributed by atoms with van der Waals surface area (Å²) in [7, 11) is 0. The van der Waals surface area contributed by atoms with E-state index in [1.165, 1.54) is 0 Å². The van der Waals surface area contributed by atoms with Crippen molar-refractivity contribution >= 4 is 103 Å². The Balaban J connectivity index is 0. The van der Waals surface area contributed by atoms with Crippen molar-refractivity contribution < 1.29 is 88.3 Å². The van der Waals surface area contributed by atoms with Gasteiger partial charge in [0.25, 0.3) is 0 Å². The van der Waals surface area contributed by atoms with Gasteiger partial charge in [0.1, 0.15) is 0 Å². The normalized spacial score (nSPS) is 0. The number of rotatable bonds is 0. The number of hydrogen-bond donors (Lipinski definition) is 0. The van der Waals surface area contributed by atoms with Crippen molar-refractivity contribution in [2.24, 2.45) is 0 Å². The molecule has 0 unspecified atom stereocenters. The summed E-state index contributed by atoms with van der Waals surface area (Å²) in [6.07, 6.45) is 0. The van der Waals surface area contributed by atoms with Gasteiger partial charge < -0.3 is 67.9 Å². The minimum Gasteiger partial charge on any atom is -1.00 e. The van der Waals surface area contributed by atoms with Crippen LogP contribution in [0.2, 0.25) is 0 Å². The fourth-order valence-corrected chi connectivity index (χ4v) is 0. The van der Waals surface area contributed by atoms with E-state index in [2.05, 4.69) is 0 Å². The molecule has 2 radical (unpaired) electrons. The second-order valence-electron chi connectivity index (χ2n) is 0. The van der Waals surface area contributed by atoms with Crippen LogP contribution in [0, 0.1) is 0 Å². The minimum absolute atomic E-state index is 0. The van der Waals surface area contributed by atoms with E-state index >= 15 is 0 Å². The number of hydrogen-bond acceptors (Lipinski definition) is 0. The molecule has 0 amide bonds. The van der Waals surface area contributed by atoms with Crippen LogP contribution < -0.4 is 67.9 Å². The molecule has 0 spiro atoms. The van der Waals surface area contributed by atoms with E-state index in [4.69, 9.17) is 0 Å². The van der Waals surface area contributed by atoms with Crippen LogP contribution in [0.15, 0.2) is 0 Å². The first-order chi connectivity index (χ1) is 0. The summed E-state index contributed by atoms with van der Waals surface area (Å²) in [6.45, 7) is 0. The van der Waals surface area contributed by atoms with Gasteiger partial charge in [-0.25, -0.2) is 0 Å². The maximum atomic E-state index is 0. The van der Waals surface area contributed by atoms with E-state index in [-0.39, 0.29) is 191 Å². The zero-order chi connectivity index (χ0) is 0. The van der Waals surface area contributed by atoms with Crippen molar-refractivity contribution in [1.29, 1.82) is 0 Å². The summed E-state index contributed by atoms with van der Waals surface area (Å²) in [5.74, 6) is 0. The Hall–Kier alpha value is 5.86. The SMILES string of the molecule is [Br-].[Br-].[Br-].[Br-].[K].[K].[Pd]. The fourth-order valence-electron chi connectivity index (χ4n) is 0. The molecule has 0 fully saturated rings. The third-order valence-electron chi connectivity index (χ3n) is 0. The van der Waals surface area contributed by atoms with Crippen LogP contribution in [0.3, 0.4) is 0 Å². The Kier molecular flexibility index (Phi) is 307. The Morgan fingerprint density at radius 1 is 0.429 bits per heavy atom. The summed E-state index contributed by atoms with van der Waals surface area (Å²) >= 11 is 0. The van der Waals surface area contributed by atoms with Gasteiger partial charge in [0, 0.05) is 123 Å². The van der Waals surface area contributed by atoms with Crippen molar-refractivity contribution in [3.05, 3.63) is 0 Å². The molecular formula is Br4K2Pd-4. The van der Waals surface area contributed by atoms with E-state index < -0.39 is 0 Å². The predicted molar refractivity (Wildman–Crippen MR) is 11.5 cm³/mol. The molecule has 0 nitrogen and oxygen atoms in total. The molecule has 0 aromatic rings. The van der Waals surface area contributed by atoms with Crippen LogP contribution in [0.5, 0.6) is 0 Å². The van der Waals surface area contributed by atoms with Crippen LogP contribution in [0.1, 0.15) is 0 Å². The third-order valence-corrected chi connectivity index (χ3v) is 0. The van der Waals surface area contributed by atoms with Gasteiger partial charge in [-0.2, -0.15) is 0 Å².